The monoisotopic (exact) mass is 264 g/mol. The van der Waals surface area contributed by atoms with E-state index in [9.17, 15) is 0 Å². The van der Waals surface area contributed by atoms with E-state index in [1.807, 2.05) is 6.07 Å². The van der Waals surface area contributed by atoms with Gasteiger partial charge in [0.25, 0.3) is 0 Å². The zero-order chi connectivity index (χ0) is 13.4. The first kappa shape index (κ1) is 15.0. The Balaban J connectivity index is 2.71. The number of anilines is 1. The zero-order valence-corrected chi connectivity index (χ0v) is 12.2. The van der Waals surface area contributed by atoms with Gasteiger partial charge in [0.15, 0.2) is 0 Å². The van der Waals surface area contributed by atoms with Crippen LogP contribution in [0.3, 0.4) is 0 Å². The van der Waals surface area contributed by atoms with Gasteiger partial charge in [0, 0.05) is 25.2 Å². The number of hydrogen-bond donors (Lipinski definition) is 1. The molecule has 0 bridgehead atoms. The quantitative estimate of drug-likeness (QED) is 0.727. The van der Waals surface area contributed by atoms with Crippen molar-refractivity contribution in [3.05, 3.63) is 30.3 Å². The molecule has 0 saturated carbocycles. The van der Waals surface area contributed by atoms with Crippen molar-refractivity contribution in [2.75, 3.05) is 18.0 Å². The SMILES string of the molecule is CCC(CC)CN(CCC(N)=S)c1ccccc1. The topological polar surface area (TPSA) is 29.3 Å². The number of nitrogens with two attached hydrogens (primary N) is 1. The van der Waals surface area contributed by atoms with E-state index in [1.165, 1.54) is 18.5 Å². The van der Waals surface area contributed by atoms with Crippen molar-refractivity contribution in [3.8, 4) is 0 Å². The summed E-state index contributed by atoms with van der Waals surface area (Å²) < 4.78 is 0. The molecule has 100 valence electrons. The molecule has 2 N–H and O–H groups in total. The van der Waals surface area contributed by atoms with E-state index in [-0.39, 0.29) is 0 Å². The van der Waals surface area contributed by atoms with Crippen LogP contribution in [0.15, 0.2) is 30.3 Å². The second-order valence-corrected chi connectivity index (χ2v) is 5.20. The van der Waals surface area contributed by atoms with Crippen LogP contribution in [0, 0.1) is 5.92 Å². The number of hydrogen-bond acceptors (Lipinski definition) is 2. The molecule has 1 aromatic carbocycles. The van der Waals surface area contributed by atoms with Crippen LogP contribution in [0.5, 0.6) is 0 Å². The Labute approximate surface area is 116 Å². The fraction of sp³-hybridized carbons (Fsp3) is 0.533. The van der Waals surface area contributed by atoms with Crippen molar-refractivity contribution < 1.29 is 0 Å². The van der Waals surface area contributed by atoms with Gasteiger partial charge >= 0.3 is 0 Å². The maximum Gasteiger partial charge on any atom is 0.0745 e. The minimum atomic E-state index is 0.598. The summed E-state index contributed by atoms with van der Waals surface area (Å²) in [5, 5.41) is 0. The molecule has 3 heteroatoms. The molecule has 0 saturated heterocycles. The summed E-state index contributed by atoms with van der Waals surface area (Å²) in [6.45, 7) is 6.51. The van der Waals surface area contributed by atoms with Gasteiger partial charge in [-0.1, -0.05) is 57.1 Å². The highest BCUT2D eigenvalue weighted by Crippen LogP contribution is 2.18. The third-order valence-electron chi connectivity index (χ3n) is 3.38. The molecule has 0 atom stereocenters. The normalized spacial score (nSPS) is 10.6. The molecule has 0 radical (unpaired) electrons. The van der Waals surface area contributed by atoms with E-state index in [0.717, 1.165) is 25.4 Å². The molecule has 0 heterocycles. The van der Waals surface area contributed by atoms with Gasteiger partial charge in [-0.3, -0.25) is 0 Å². The Morgan fingerprint density at radius 2 is 1.83 bits per heavy atom. The number of para-hydroxylation sites is 1. The molecule has 0 fully saturated rings. The average Bonchev–Trinajstić information content (AvgIpc) is 2.40. The third-order valence-corrected chi connectivity index (χ3v) is 3.59. The van der Waals surface area contributed by atoms with Crippen molar-refractivity contribution in [1.29, 1.82) is 0 Å². The summed E-state index contributed by atoms with van der Waals surface area (Å²) in [7, 11) is 0. The molecule has 18 heavy (non-hydrogen) atoms. The van der Waals surface area contributed by atoms with Gasteiger partial charge < -0.3 is 10.6 Å². The largest absolute Gasteiger partial charge is 0.393 e. The van der Waals surface area contributed by atoms with Crippen LogP contribution in [0.25, 0.3) is 0 Å². The molecule has 0 aromatic heterocycles. The Hall–Kier alpha value is -1.09. The van der Waals surface area contributed by atoms with E-state index in [2.05, 4.69) is 43.0 Å². The maximum atomic E-state index is 5.62. The molecule has 0 amide bonds. The molecule has 0 aliphatic heterocycles. The predicted octanol–water partition coefficient (Wildman–Crippen LogP) is 3.61. The van der Waals surface area contributed by atoms with Gasteiger partial charge in [-0.25, -0.2) is 0 Å². The minimum absolute atomic E-state index is 0.598. The van der Waals surface area contributed by atoms with E-state index < -0.39 is 0 Å². The first-order chi connectivity index (χ1) is 8.67. The van der Waals surface area contributed by atoms with Gasteiger partial charge in [0.1, 0.15) is 0 Å². The van der Waals surface area contributed by atoms with Gasteiger partial charge in [0.2, 0.25) is 0 Å². The van der Waals surface area contributed by atoms with Gasteiger partial charge in [0.05, 0.1) is 4.99 Å². The van der Waals surface area contributed by atoms with Crippen LogP contribution in [-0.4, -0.2) is 18.1 Å². The molecule has 1 rings (SSSR count). The average molecular weight is 264 g/mol. The Kier molecular flexibility index (Phi) is 6.73. The van der Waals surface area contributed by atoms with Gasteiger partial charge in [-0.15, -0.1) is 0 Å². The molecular formula is C15H24N2S. The lowest BCUT2D eigenvalue weighted by Gasteiger charge is -2.28. The zero-order valence-electron chi connectivity index (χ0n) is 11.4. The molecule has 2 nitrogen and oxygen atoms in total. The highest BCUT2D eigenvalue weighted by molar-refractivity contribution is 7.80. The molecule has 0 unspecified atom stereocenters. The predicted molar refractivity (Wildman–Crippen MR) is 84.1 cm³/mol. The second-order valence-electron chi connectivity index (χ2n) is 4.68. The van der Waals surface area contributed by atoms with Crippen LogP contribution in [0.4, 0.5) is 5.69 Å². The highest BCUT2D eigenvalue weighted by Gasteiger charge is 2.12. The summed E-state index contributed by atoms with van der Waals surface area (Å²) in [6, 6.07) is 10.5. The lowest BCUT2D eigenvalue weighted by molar-refractivity contribution is 0.484. The number of thiocarbonyl (C=S) groups is 1. The third kappa shape index (κ3) is 5.05. The van der Waals surface area contributed by atoms with Crippen LogP contribution < -0.4 is 10.6 Å². The van der Waals surface area contributed by atoms with Crippen molar-refractivity contribution in [2.24, 2.45) is 11.7 Å². The number of benzene rings is 1. The molecule has 1 aromatic rings. The Morgan fingerprint density at radius 1 is 1.22 bits per heavy atom. The van der Waals surface area contributed by atoms with E-state index >= 15 is 0 Å². The molecule has 0 spiro atoms. The van der Waals surface area contributed by atoms with Gasteiger partial charge in [-0.2, -0.15) is 0 Å². The smallest absolute Gasteiger partial charge is 0.0745 e. The first-order valence-electron chi connectivity index (χ1n) is 6.75. The fourth-order valence-corrected chi connectivity index (χ4v) is 2.16. The Bertz CT molecular complexity index is 347. The summed E-state index contributed by atoms with van der Waals surface area (Å²) >= 11 is 4.99. The van der Waals surface area contributed by atoms with Crippen molar-refractivity contribution in [3.63, 3.8) is 0 Å². The van der Waals surface area contributed by atoms with Crippen molar-refractivity contribution in [1.82, 2.24) is 0 Å². The minimum Gasteiger partial charge on any atom is -0.393 e. The molecular weight excluding hydrogens is 240 g/mol. The fourth-order valence-electron chi connectivity index (χ4n) is 2.07. The van der Waals surface area contributed by atoms with Crippen molar-refractivity contribution in [2.45, 2.75) is 33.1 Å². The number of rotatable bonds is 8. The van der Waals surface area contributed by atoms with E-state index in [1.54, 1.807) is 0 Å². The Morgan fingerprint density at radius 3 is 2.33 bits per heavy atom. The summed E-state index contributed by atoms with van der Waals surface area (Å²) in [6.07, 6.45) is 3.21. The lowest BCUT2D eigenvalue weighted by atomic mass is 10.0. The van der Waals surface area contributed by atoms with E-state index in [0.29, 0.717) is 4.99 Å². The molecule has 0 aliphatic rings. The standard InChI is InChI=1S/C15H24N2S/c1-3-13(4-2)12-17(11-10-15(16)18)14-8-6-5-7-9-14/h5-9,13H,3-4,10-12H2,1-2H3,(H2,16,18). The summed E-state index contributed by atoms with van der Waals surface area (Å²) in [5.74, 6) is 0.733. The van der Waals surface area contributed by atoms with Crippen LogP contribution >= 0.6 is 12.2 Å². The number of nitrogens with zero attached hydrogens (tertiary/aromatic N) is 1. The van der Waals surface area contributed by atoms with Crippen molar-refractivity contribution >= 4 is 22.9 Å². The first-order valence-corrected chi connectivity index (χ1v) is 7.16. The van der Waals surface area contributed by atoms with Crippen LogP contribution in [-0.2, 0) is 0 Å². The summed E-state index contributed by atoms with van der Waals surface area (Å²) in [4.78, 5) is 3.00. The molecule has 0 aliphatic carbocycles. The second kappa shape index (κ2) is 8.09. The highest BCUT2D eigenvalue weighted by atomic mass is 32.1. The summed E-state index contributed by atoms with van der Waals surface area (Å²) in [5.41, 5.74) is 6.88. The maximum absolute atomic E-state index is 5.62. The lowest BCUT2D eigenvalue weighted by Crippen LogP contribution is -2.32. The van der Waals surface area contributed by atoms with Crippen LogP contribution in [0.2, 0.25) is 0 Å². The van der Waals surface area contributed by atoms with E-state index in [4.69, 9.17) is 18.0 Å². The van der Waals surface area contributed by atoms with Crippen LogP contribution in [0.1, 0.15) is 33.1 Å². The van der Waals surface area contributed by atoms with Gasteiger partial charge in [-0.05, 0) is 18.1 Å².